The fourth-order valence-electron chi connectivity index (χ4n) is 3.83. The Bertz CT molecular complexity index is 914. The van der Waals surface area contributed by atoms with Crippen molar-refractivity contribution in [2.45, 2.75) is 19.3 Å². The molecule has 1 unspecified atom stereocenters. The Morgan fingerprint density at radius 1 is 1.17 bits per heavy atom. The molecule has 0 spiro atoms. The van der Waals surface area contributed by atoms with E-state index in [-0.39, 0.29) is 23.6 Å². The molecule has 0 aliphatic carbocycles. The van der Waals surface area contributed by atoms with Crippen LogP contribution in [0.15, 0.2) is 34.2 Å². The average molecular weight is 478 g/mol. The average Bonchev–Trinajstić information content (AvgIpc) is 3.37. The van der Waals surface area contributed by atoms with E-state index in [2.05, 4.69) is 31.4 Å². The van der Waals surface area contributed by atoms with Crippen molar-refractivity contribution in [1.29, 1.82) is 0 Å². The van der Waals surface area contributed by atoms with Gasteiger partial charge in [0, 0.05) is 35.7 Å². The van der Waals surface area contributed by atoms with Gasteiger partial charge in [-0.2, -0.15) is 0 Å². The van der Waals surface area contributed by atoms with Crippen molar-refractivity contribution in [3.8, 4) is 0 Å². The molecular weight excluding hydrogens is 458 g/mol. The molecule has 4 rings (SSSR count). The van der Waals surface area contributed by atoms with Crippen molar-refractivity contribution >= 4 is 55.8 Å². The Kier molecular flexibility index (Phi) is 5.91. The lowest BCUT2D eigenvalue weighted by molar-refractivity contribution is -0.142. The van der Waals surface area contributed by atoms with Crippen molar-refractivity contribution in [1.82, 2.24) is 15.1 Å². The molecule has 2 fully saturated rings. The van der Waals surface area contributed by atoms with Crippen molar-refractivity contribution in [2.75, 3.05) is 29.9 Å². The van der Waals surface area contributed by atoms with Crippen LogP contribution in [0.2, 0.25) is 0 Å². The first-order valence-electron chi connectivity index (χ1n) is 9.45. The van der Waals surface area contributed by atoms with Gasteiger partial charge in [-0.15, -0.1) is 10.2 Å². The molecule has 2 aromatic rings. The Morgan fingerprint density at radius 2 is 1.97 bits per heavy atom. The second-order valence-electron chi connectivity index (χ2n) is 7.14. The van der Waals surface area contributed by atoms with Crippen LogP contribution in [0.25, 0.3) is 0 Å². The van der Waals surface area contributed by atoms with E-state index in [1.54, 1.807) is 15.3 Å². The minimum Gasteiger partial charge on any atom is -0.342 e. The minimum atomic E-state index is -0.638. The molecule has 3 amide bonds. The van der Waals surface area contributed by atoms with Crippen molar-refractivity contribution in [2.24, 2.45) is 11.8 Å². The van der Waals surface area contributed by atoms with E-state index in [1.165, 1.54) is 11.3 Å². The van der Waals surface area contributed by atoms with E-state index in [1.807, 2.05) is 24.3 Å². The predicted molar refractivity (Wildman–Crippen MR) is 112 cm³/mol. The second-order valence-corrected chi connectivity index (χ2v) is 8.89. The van der Waals surface area contributed by atoms with Gasteiger partial charge in [0.15, 0.2) is 0 Å². The normalized spacial score (nSPS) is 20.2. The molecule has 2 aliphatic heterocycles. The van der Waals surface area contributed by atoms with E-state index in [4.69, 9.17) is 0 Å². The zero-order chi connectivity index (χ0) is 20.4. The Labute approximate surface area is 180 Å². The molecule has 8 nitrogen and oxygen atoms in total. The SMILES string of the molecule is O=C(Nc1nncs1)C1CCN(C(=O)C2CCN(c3cccc(Br)c3)C2=O)CC1. The summed E-state index contributed by atoms with van der Waals surface area (Å²) in [5, 5.41) is 10.8. The lowest BCUT2D eigenvalue weighted by atomic mass is 9.94. The number of hydrogen-bond acceptors (Lipinski definition) is 6. The summed E-state index contributed by atoms with van der Waals surface area (Å²) in [4.78, 5) is 41.5. The van der Waals surface area contributed by atoms with Gasteiger partial charge in [-0.3, -0.25) is 14.4 Å². The van der Waals surface area contributed by atoms with Crippen LogP contribution < -0.4 is 10.2 Å². The molecule has 0 saturated carbocycles. The number of halogens is 1. The zero-order valence-electron chi connectivity index (χ0n) is 15.6. The third kappa shape index (κ3) is 4.32. The van der Waals surface area contributed by atoms with Crippen LogP contribution in [-0.2, 0) is 14.4 Å². The van der Waals surface area contributed by atoms with Crippen LogP contribution in [0.5, 0.6) is 0 Å². The van der Waals surface area contributed by atoms with Gasteiger partial charge in [-0.25, -0.2) is 0 Å². The Balaban J connectivity index is 1.33. The fraction of sp³-hybridized carbons (Fsp3) is 0.421. The molecular formula is C19H20BrN5O3S. The maximum Gasteiger partial charge on any atom is 0.239 e. The maximum atomic E-state index is 12.9. The molecule has 0 radical (unpaired) electrons. The number of nitrogens with one attached hydrogen (secondary N) is 1. The molecule has 1 N–H and O–H groups in total. The van der Waals surface area contributed by atoms with Gasteiger partial charge in [0.2, 0.25) is 22.9 Å². The van der Waals surface area contributed by atoms with Gasteiger partial charge in [0.1, 0.15) is 11.4 Å². The third-order valence-electron chi connectivity index (χ3n) is 5.39. The highest BCUT2D eigenvalue weighted by Gasteiger charge is 2.41. The van der Waals surface area contributed by atoms with Gasteiger partial charge in [0.05, 0.1) is 0 Å². The number of benzene rings is 1. The lowest BCUT2D eigenvalue weighted by Gasteiger charge is -2.32. The third-order valence-corrected chi connectivity index (χ3v) is 6.49. The highest BCUT2D eigenvalue weighted by atomic mass is 79.9. The molecule has 0 bridgehead atoms. The van der Waals surface area contributed by atoms with Crippen molar-refractivity contribution in [3.63, 3.8) is 0 Å². The van der Waals surface area contributed by atoms with Crippen LogP contribution in [0, 0.1) is 11.8 Å². The number of aromatic nitrogens is 2. The number of piperidine rings is 1. The molecule has 29 heavy (non-hydrogen) atoms. The highest BCUT2D eigenvalue weighted by molar-refractivity contribution is 9.10. The van der Waals surface area contributed by atoms with Crippen LogP contribution in [0.1, 0.15) is 19.3 Å². The fourth-order valence-corrected chi connectivity index (χ4v) is 4.66. The topological polar surface area (TPSA) is 95.5 Å². The second kappa shape index (κ2) is 8.58. The monoisotopic (exact) mass is 477 g/mol. The zero-order valence-corrected chi connectivity index (χ0v) is 18.0. The first-order valence-corrected chi connectivity index (χ1v) is 11.1. The van der Waals surface area contributed by atoms with E-state index in [9.17, 15) is 14.4 Å². The molecule has 2 aliphatic rings. The number of amides is 3. The predicted octanol–water partition coefficient (Wildman–Crippen LogP) is 2.53. The molecule has 1 aromatic heterocycles. The Morgan fingerprint density at radius 3 is 2.66 bits per heavy atom. The number of hydrogen-bond donors (Lipinski definition) is 1. The number of rotatable bonds is 4. The van der Waals surface area contributed by atoms with Gasteiger partial charge < -0.3 is 15.1 Å². The summed E-state index contributed by atoms with van der Waals surface area (Å²) in [6.07, 6.45) is 1.67. The van der Waals surface area contributed by atoms with Crippen molar-refractivity contribution < 1.29 is 14.4 Å². The van der Waals surface area contributed by atoms with Gasteiger partial charge in [0.25, 0.3) is 0 Å². The lowest BCUT2D eigenvalue weighted by Crippen LogP contribution is -2.45. The molecule has 2 saturated heterocycles. The Hall–Kier alpha value is -2.33. The summed E-state index contributed by atoms with van der Waals surface area (Å²) < 4.78 is 0.895. The van der Waals surface area contributed by atoms with Crippen molar-refractivity contribution in [3.05, 3.63) is 34.2 Å². The largest absolute Gasteiger partial charge is 0.342 e. The maximum absolute atomic E-state index is 12.9. The standard InChI is InChI=1S/C19H20BrN5O3S/c20-13-2-1-3-14(10-13)25-9-6-15(18(25)28)17(27)24-7-4-12(5-8-24)16(26)22-19-23-21-11-29-19/h1-3,10-12,15H,4-9H2,(H,22,23,26). The van der Waals surface area contributed by atoms with Crippen LogP contribution in [0.4, 0.5) is 10.8 Å². The first kappa shape index (κ1) is 20.0. The van der Waals surface area contributed by atoms with Gasteiger partial charge >= 0.3 is 0 Å². The van der Waals surface area contributed by atoms with E-state index in [0.29, 0.717) is 44.0 Å². The smallest absolute Gasteiger partial charge is 0.239 e. The number of carbonyl (C=O) groups excluding carboxylic acids is 3. The summed E-state index contributed by atoms with van der Waals surface area (Å²) in [5.74, 6) is -1.17. The van der Waals surface area contributed by atoms with Gasteiger partial charge in [-0.05, 0) is 37.5 Å². The van der Waals surface area contributed by atoms with Crippen LogP contribution in [-0.4, -0.2) is 52.5 Å². The number of likely N-dealkylation sites (tertiary alicyclic amines) is 1. The van der Waals surface area contributed by atoms with Crippen LogP contribution in [0.3, 0.4) is 0 Å². The molecule has 1 atom stereocenters. The number of carbonyl (C=O) groups is 3. The van der Waals surface area contributed by atoms with E-state index < -0.39 is 5.92 Å². The molecule has 3 heterocycles. The quantitative estimate of drug-likeness (QED) is 0.682. The summed E-state index contributed by atoms with van der Waals surface area (Å²) in [5.41, 5.74) is 2.36. The molecule has 1 aromatic carbocycles. The highest BCUT2D eigenvalue weighted by Crippen LogP contribution is 2.29. The van der Waals surface area contributed by atoms with E-state index >= 15 is 0 Å². The minimum absolute atomic E-state index is 0.0911. The van der Waals surface area contributed by atoms with Crippen LogP contribution >= 0.6 is 27.3 Å². The number of anilines is 2. The van der Waals surface area contributed by atoms with Gasteiger partial charge in [-0.1, -0.05) is 33.3 Å². The molecule has 152 valence electrons. The summed E-state index contributed by atoms with van der Waals surface area (Å²) in [6, 6.07) is 7.53. The summed E-state index contributed by atoms with van der Waals surface area (Å²) >= 11 is 4.69. The summed E-state index contributed by atoms with van der Waals surface area (Å²) in [7, 11) is 0. The summed E-state index contributed by atoms with van der Waals surface area (Å²) in [6.45, 7) is 1.49. The van der Waals surface area contributed by atoms with E-state index in [0.717, 1.165) is 10.2 Å². The first-order chi connectivity index (χ1) is 14.0. The molecule has 10 heteroatoms. The number of nitrogens with zero attached hydrogens (tertiary/aromatic N) is 4.